The fraction of sp³-hybridized carbons (Fsp3) is 0.450. The third-order valence-corrected chi connectivity index (χ3v) is 4.14. The van der Waals surface area contributed by atoms with E-state index in [1.165, 1.54) is 7.11 Å². The molecule has 0 aliphatic carbocycles. The van der Waals surface area contributed by atoms with E-state index in [1.54, 1.807) is 18.2 Å². The van der Waals surface area contributed by atoms with Gasteiger partial charge in [0.1, 0.15) is 12.4 Å². The summed E-state index contributed by atoms with van der Waals surface area (Å²) in [7, 11) is 1.48. The molecule has 0 unspecified atom stereocenters. The third kappa shape index (κ3) is 4.79. The lowest BCUT2D eigenvalue weighted by atomic mass is 10.0. The van der Waals surface area contributed by atoms with Crippen molar-refractivity contribution in [3.05, 3.63) is 34.9 Å². The number of ether oxygens (including phenoxy) is 1. The molecule has 2 rings (SSSR count). The number of ketones is 1. The third-order valence-electron chi connectivity index (χ3n) is 4.14. The molecule has 0 radical (unpaired) electrons. The van der Waals surface area contributed by atoms with Crippen LogP contribution in [0.2, 0.25) is 0 Å². The molecule has 0 fully saturated rings. The average Bonchev–Trinajstić information content (AvgIpc) is 2.78. The highest BCUT2D eigenvalue weighted by Crippen LogP contribution is 2.28. The van der Waals surface area contributed by atoms with E-state index >= 15 is 0 Å². The van der Waals surface area contributed by atoms with Gasteiger partial charge in [0.15, 0.2) is 5.78 Å². The summed E-state index contributed by atoms with van der Waals surface area (Å²) < 4.78 is 4.90. The van der Waals surface area contributed by atoms with Gasteiger partial charge in [-0.15, -0.1) is 0 Å². The van der Waals surface area contributed by atoms with Crippen LogP contribution >= 0.6 is 0 Å². The smallest absolute Gasteiger partial charge is 0.250 e. The highest BCUT2D eigenvalue weighted by Gasteiger charge is 2.21. The number of hydrogen-bond donors (Lipinski definition) is 1. The summed E-state index contributed by atoms with van der Waals surface area (Å²) in [6.07, 6.45) is 3.96. The van der Waals surface area contributed by atoms with Crippen molar-refractivity contribution in [1.82, 2.24) is 4.90 Å². The Labute approximate surface area is 154 Å². The number of benzene rings is 1. The summed E-state index contributed by atoms with van der Waals surface area (Å²) in [5.74, 6) is 0.248. The Hall–Kier alpha value is -2.47. The van der Waals surface area contributed by atoms with Gasteiger partial charge in [-0.25, -0.2) is 4.99 Å². The number of fused-ring (bicyclic) bond motifs is 1. The van der Waals surface area contributed by atoms with Crippen LogP contribution in [0.1, 0.15) is 49.0 Å². The lowest BCUT2D eigenvalue weighted by Crippen LogP contribution is -2.34. The molecule has 0 saturated heterocycles. The summed E-state index contributed by atoms with van der Waals surface area (Å²) in [6, 6.07) is 5.23. The van der Waals surface area contributed by atoms with Crippen LogP contribution in [-0.2, 0) is 9.53 Å². The Morgan fingerprint density at radius 1 is 1.23 bits per heavy atom. The maximum atomic E-state index is 12.9. The average molecular weight is 357 g/mol. The largest absolute Gasteiger partial charge is 0.387 e. The van der Waals surface area contributed by atoms with Crippen LogP contribution in [0.3, 0.4) is 0 Å². The van der Waals surface area contributed by atoms with E-state index in [2.05, 4.69) is 18.8 Å². The number of Topliss-reactive ketones (excluding diaryl/α,β-unsaturated/α-hetero) is 1. The van der Waals surface area contributed by atoms with Gasteiger partial charge in [0.25, 0.3) is 0 Å². The van der Waals surface area contributed by atoms with Crippen molar-refractivity contribution >= 4 is 29.3 Å². The number of rotatable bonds is 8. The van der Waals surface area contributed by atoms with Gasteiger partial charge in [-0.3, -0.25) is 9.59 Å². The lowest BCUT2D eigenvalue weighted by molar-refractivity contribution is -0.127. The lowest BCUT2D eigenvalue weighted by Gasteiger charge is -2.22. The minimum Gasteiger partial charge on any atom is -0.387 e. The second-order valence-corrected chi connectivity index (χ2v) is 6.37. The van der Waals surface area contributed by atoms with Crippen molar-refractivity contribution in [2.75, 3.05) is 26.8 Å². The molecular formula is C20H27N3O3. The van der Waals surface area contributed by atoms with E-state index in [-0.39, 0.29) is 18.3 Å². The summed E-state index contributed by atoms with van der Waals surface area (Å²) in [6.45, 7) is 5.57. The zero-order chi connectivity index (χ0) is 19.1. The number of nitrogens with two attached hydrogens (primary N) is 1. The first kappa shape index (κ1) is 19.8. The molecule has 0 atom stereocenters. The van der Waals surface area contributed by atoms with Gasteiger partial charge in [0, 0.05) is 43.3 Å². The minimum absolute atomic E-state index is 0.000707. The van der Waals surface area contributed by atoms with Gasteiger partial charge >= 0.3 is 0 Å². The topological polar surface area (TPSA) is 85.0 Å². The maximum absolute atomic E-state index is 12.9. The van der Waals surface area contributed by atoms with E-state index < -0.39 is 0 Å². The predicted molar refractivity (Wildman–Crippen MR) is 104 cm³/mol. The quantitative estimate of drug-likeness (QED) is 0.725. The molecule has 0 aromatic heterocycles. The molecule has 1 aromatic carbocycles. The molecule has 0 bridgehead atoms. The van der Waals surface area contributed by atoms with Crippen LogP contribution in [0.25, 0.3) is 6.08 Å². The summed E-state index contributed by atoms with van der Waals surface area (Å²) in [4.78, 5) is 31.2. The number of carbonyl (C=O) groups excluding carboxylic acids is 2. The zero-order valence-electron chi connectivity index (χ0n) is 15.7. The molecule has 6 heteroatoms. The molecule has 1 amide bonds. The van der Waals surface area contributed by atoms with Crippen molar-refractivity contribution in [2.45, 2.75) is 33.1 Å². The van der Waals surface area contributed by atoms with Gasteiger partial charge in [0.2, 0.25) is 5.91 Å². The Balaban J connectivity index is 2.37. The number of amides is 1. The number of carbonyl (C=O) groups is 2. The van der Waals surface area contributed by atoms with Crippen LogP contribution in [-0.4, -0.2) is 49.2 Å². The number of methoxy groups -OCH3 is 1. The Morgan fingerprint density at radius 3 is 2.54 bits per heavy atom. The van der Waals surface area contributed by atoms with Gasteiger partial charge < -0.3 is 15.4 Å². The molecule has 2 N–H and O–H groups in total. The van der Waals surface area contributed by atoms with Gasteiger partial charge in [-0.05, 0) is 25.0 Å². The first-order chi connectivity index (χ1) is 12.5. The van der Waals surface area contributed by atoms with Gasteiger partial charge in [0.05, 0.1) is 5.69 Å². The molecule has 140 valence electrons. The first-order valence-corrected chi connectivity index (χ1v) is 8.99. The summed E-state index contributed by atoms with van der Waals surface area (Å²) in [5.41, 5.74) is 8.57. The number of aliphatic imine (C=N–C) groups is 1. The standard InChI is InChI=1S/C20H27N3O3/c1-4-8-23(9-5-2)20(25)16-10-14-6-7-15(18(24)13-26-3)11-17(14)22-19(21)12-16/h6-7,10-11H,4-5,8-9,12-13H2,1-3H3,(H2,21,22). The molecule has 1 aliphatic heterocycles. The van der Waals surface area contributed by atoms with Gasteiger partial charge in [-0.1, -0.05) is 26.0 Å². The molecule has 0 spiro atoms. The van der Waals surface area contributed by atoms with Crippen molar-refractivity contribution in [1.29, 1.82) is 0 Å². The predicted octanol–water partition coefficient (Wildman–Crippen LogP) is 2.94. The Kier molecular flexibility index (Phi) is 7.09. The molecule has 0 saturated carbocycles. The Bertz CT molecular complexity index is 732. The van der Waals surface area contributed by atoms with Crippen molar-refractivity contribution in [3.8, 4) is 0 Å². The monoisotopic (exact) mass is 357 g/mol. The zero-order valence-corrected chi connectivity index (χ0v) is 15.7. The molecule has 1 heterocycles. The minimum atomic E-state index is -0.120. The van der Waals surface area contributed by atoms with E-state index in [0.29, 0.717) is 29.1 Å². The van der Waals surface area contributed by atoms with E-state index in [1.807, 2.05) is 11.0 Å². The van der Waals surface area contributed by atoms with E-state index in [4.69, 9.17) is 10.5 Å². The highest BCUT2D eigenvalue weighted by atomic mass is 16.5. The van der Waals surface area contributed by atoms with Crippen LogP contribution in [0.5, 0.6) is 0 Å². The maximum Gasteiger partial charge on any atom is 0.250 e. The molecule has 1 aromatic rings. The highest BCUT2D eigenvalue weighted by molar-refractivity contribution is 6.06. The number of hydrogen-bond acceptors (Lipinski definition) is 5. The second kappa shape index (κ2) is 9.29. The summed E-state index contributed by atoms with van der Waals surface area (Å²) in [5, 5.41) is 0. The van der Waals surface area contributed by atoms with E-state index in [0.717, 1.165) is 31.5 Å². The van der Waals surface area contributed by atoms with E-state index in [9.17, 15) is 9.59 Å². The Morgan fingerprint density at radius 2 is 1.92 bits per heavy atom. The molecule has 1 aliphatic rings. The van der Waals surface area contributed by atoms with Crippen LogP contribution in [0.4, 0.5) is 5.69 Å². The first-order valence-electron chi connectivity index (χ1n) is 8.99. The van der Waals surface area contributed by atoms with Crippen molar-refractivity contribution < 1.29 is 14.3 Å². The molecular weight excluding hydrogens is 330 g/mol. The van der Waals surface area contributed by atoms with Gasteiger partial charge in [-0.2, -0.15) is 0 Å². The number of amidine groups is 1. The fourth-order valence-electron chi connectivity index (χ4n) is 2.97. The van der Waals surface area contributed by atoms with Crippen LogP contribution in [0, 0.1) is 0 Å². The van der Waals surface area contributed by atoms with Crippen LogP contribution in [0.15, 0.2) is 28.8 Å². The molecule has 6 nitrogen and oxygen atoms in total. The molecule has 26 heavy (non-hydrogen) atoms. The SMILES string of the molecule is CCCN(CCC)C(=O)C1=Cc2ccc(C(=O)COC)cc2N=C(N)C1. The normalized spacial score (nSPS) is 13.3. The van der Waals surface area contributed by atoms with Crippen LogP contribution < -0.4 is 5.73 Å². The second-order valence-electron chi connectivity index (χ2n) is 6.37. The summed E-state index contributed by atoms with van der Waals surface area (Å²) >= 11 is 0. The van der Waals surface area contributed by atoms with Crippen molar-refractivity contribution in [3.63, 3.8) is 0 Å². The fourth-order valence-corrected chi connectivity index (χ4v) is 2.97. The number of nitrogens with zero attached hydrogens (tertiary/aromatic N) is 2. The van der Waals surface area contributed by atoms with Crippen molar-refractivity contribution in [2.24, 2.45) is 10.7 Å².